The zero-order valence-corrected chi connectivity index (χ0v) is 16.5. The van der Waals surface area contributed by atoms with E-state index in [1.54, 1.807) is 19.1 Å². The fourth-order valence-electron chi connectivity index (χ4n) is 3.73. The Labute approximate surface area is 168 Å². The Hall–Kier alpha value is -2.16. The highest BCUT2D eigenvalue weighted by molar-refractivity contribution is 5.79. The van der Waals surface area contributed by atoms with Crippen molar-refractivity contribution in [1.82, 2.24) is 9.80 Å². The number of benzene rings is 1. The van der Waals surface area contributed by atoms with Gasteiger partial charge in [-0.25, -0.2) is 0 Å². The quantitative estimate of drug-likeness (QED) is 0.609. The van der Waals surface area contributed by atoms with Gasteiger partial charge in [-0.3, -0.25) is 4.79 Å². The third-order valence-electron chi connectivity index (χ3n) is 5.15. The van der Waals surface area contributed by atoms with Crippen LogP contribution in [0.5, 0.6) is 17.2 Å². The normalized spacial score (nSPS) is 19.2. The maximum atomic E-state index is 12.7. The number of halogens is 3. The van der Waals surface area contributed by atoms with E-state index in [0.29, 0.717) is 36.8 Å². The number of hydrogen-bond acceptors (Lipinski definition) is 5. The second-order valence-electron chi connectivity index (χ2n) is 7.32. The molecule has 3 rings (SSSR count). The summed E-state index contributed by atoms with van der Waals surface area (Å²) in [4.78, 5) is 15.6. The second kappa shape index (κ2) is 9.56. The average Bonchev–Trinajstić information content (AvgIpc) is 3.16. The van der Waals surface area contributed by atoms with Crippen LogP contribution in [-0.4, -0.2) is 68.0 Å². The molecule has 1 atom stereocenters. The Morgan fingerprint density at radius 2 is 2.10 bits per heavy atom. The first-order valence-corrected chi connectivity index (χ1v) is 9.96. The zero-order chi connectivity index (χ0) is 20.9. The summed E-state index contributed by atoms with van der Waals surface area (Å²) in [5.74, 6) is 1.30. The number of carbonyl (C=O) groups excluding carboxylic acids is 1. The molecule has 29 heavy (non-hydrogen) atoms. The smallest absolute Gasteiger partial charge is 0.406 e. The summed E-state index contributed by atoms with van der Waals surface area (Å²) in [5.41, 5.74) is 0. The largest absolute Gasteiger partial charge is 0.493 e. The zero-order valence-electron chi connectivity index (χ0n) is 16.5. The van der Waals surface area contributed by atoms with Gasteiger partial charge in [-0.1, -0.05) is 0 Å². The highest BCUT2D eigenvalue weighted by Crippen LogP contribution is 2.35. The first-order valence-electron chi connectivity index (χ1n) is 9.96. The topological polar surface area (TPSA) is 51.2 Å². The van der Waals surface area contributed by atoms with E-state index in [4.69, 9.17) is 14.2 Å². The van der Waals surface area contributed by atoms with Crippen molar-refractivity contribution in [2.75, 3.05) is 46.1 Å². The number of piperidine rings is 1. The summed E-state index contributed by atoms with van der Waals surface area (Å²) in [6.45, 7) is 3.27. The van der Waals surface area contributed by atoms with E-state index in [2.05, 4.69) is 4.90 Å². The number of amides is 1. The molecule has 6 nitrogen and oxygen atoms in total. The third kappa shape index (κ3) is 6.16. The van der Waals surface area contributed by atoms with Crippen molar-refractivity contribution >= 4 is 5.91 Å². The van der Waals surface area contributed by atoms with Crippen LogP contribution in [0.15, 0.2) is 18.2 Å². The van der Waals surface area contributed by atoms with Crippen LogP contribution in [0.25, 0.3) is 0 Å². The standard InChI is InChI=1S/C20H27F3N2O4/c1-2-25(13-20(21,22)23)19(26)15-5-3-8-24(12-15)9-4-10-27-16-6-7-17-18(11-16)29-14-28-17/h6-7,11,15H,2-5,8-10,12-14H2,1H3/t15-/m0/s1. The fourth-order valence-corrected chi connectivity index (χ4v) is 3.73. The number of fused-ring (bicyclic) bond motifs is 1. The van der Waals surface area contributed by atoms with Gasteiger partial charge in [0.25, 0.3) is 0 Å². The van der Waals surface area contributed by atoms with Gasteiger partial charge in [0.15, 0.2) is 11.5 Å². The third-order valence-corrected chi connectivity index (χ3v) is 5.15. The number of ether oxygens (including phenoxy) is 3. The van der Waals surface area contributed by atoms with Gasteiger partial charge in [0.05, 0.1) is 12.5 Å². The molecule has 1 amide bonds. The molecule has 0 saturated carbocycles. The van der Waals surface area contributed by atoms with E-state index < -0.39 is 18.6 Å². The highest BCUT2D eigenvalue weighted by Gasteiger charge is 2.35. The first kappa shape index (κ1) is 21.5. The molecule has 2 heterocycles. The Morgan fingerprint density at radius 1 is 1.31 bits per heavy atom. The molecule has 0 aliphatic carbocycles. The van der Waals surface area contributed by atoms with Crippen molar-refractivity contribution in [3.05, 3.63) is 18.2 Å². The van der Waals surface area contributed by atoms with Crippen LogP contribution in [0.3, 0.4) is 0 Å². The monoisotopic (exact) mass is 416 g/mol. The summed E-state index contributed by atoms with van der Waals surface area (Å²) in [6, 6.07) is 5.42. The van der Waals surface area contributed by atoms with Gasteiger partial charge in [-0.05, 0) is 44.9 Å². The van der Waals surface area contributed by atoms with Crippen LogP contribution >= 0.6 is 0 Å². The summed E-state index contributed by atoms with van der Waals surface area (Å²) < 4.78 is 54.4. The molecule has 162 valence electrons. The Bertz CT molecular complexity index is 699. The van der Waals surface area contributed by atoms with Gasteiger partial charge in [0.2, 0.25) is 12.7 Å². The van der Waals surface area contributed by atoms with Crippen LogP contribution < -0.4 is 14.2 Å². The maximum absolute atomic E-state index is 12.7. The second-order valence-corrected chi connectivity index (χ2v) is 7.32. The summed E-state index contributed by atoms with van der Waals surface area (Å²) >= 11 is 0. The number of rotatable bonds is 8. The van der Waals surface area contributed by atoms with E-state index in [0.717, 1.165) is 30.8 Å². The number of carbonyl (C=O) groups is 1. The number of likely N-dealkylation sites (tertiary alicyclic amines) is 1. The molecule has 0 unspecified atom stereocenters. The first-order chi connectivity index (χ1) is 13.9. The van der Waals surface area contributed by atoms with Gasteiger partial charge in [-0.2, -0.15) is 13.2 Å². The van der Waals surface area contributed by atoms with Gasteiger partial charge >= 0.3 is 6.18 Å². The van der Waals surface area contributed by atoms with E-state index >= 15 is 0 Å². The Balaban J connectivity index is 1.42. The molecule has 2 aliphatic heterocycles. The minimum absolute atomic E-state index is 0.0677. The summed E-state index contributed by atoms with van der Waals surface area (Å²) in [7, 11) is 0. The molecule has 1 aromatic rings. The van der Waals surface area contributed by atoms with Crippen LogP contribution in [0.2, 0.25) is 0 Å². The van der Waals surface area contributed by atoms with Gasteiger partial charge in [-0.15, -0.1) is 0 Å². The predicted octanol–water partition coefficient (Wildman–Crippen LogP) is 3.31. The molecule has 1 aromatic carbocycles. The number of hydrogen-bond donors (Lipinski definition) is 0. The lowest BCUT2D eigenvalue weighted by molar-refractivity contribution is -0.164. The highest BCUT2D eigenvalue weighted by atomic mass is 19.4. The Morgan fingerprint density at radius 3 is 2.86 bits per heavy atom. The van der Waals surface area contributed by atoms with Crippen molar-refractivity contribution in [3.63, 3.8) is 0 Å². The molecule has 1 fully saturated rings. The average molecular weight is 416 g/mol. The minimum atomic E-state index is -4.37. The molecule has 0 bridgehead atoms. The van der Waals surface area contributed by atoms with Crippen molar-refractivity contribution in [3.8, 4) is 17.2 Å². The summed E-state index contributed by atoms with van der Waals surface area (Å²) in [5, 5.41) is 0. The predicted molar refractivity (Wildman–Crippen MR) is 100 cm³/mol. The summed E-state index contributed by atoms with van der Waals surface area (Å²) in [6.07, 6.45) is -2.16. The number of alkyl halides is 3. The molecule has 2 aliphatic rings. The molecule has 0 radical (unpaired) electrons. The van der Waals surface area contributed by atoms with Gasteiger partial charge in [0, 0.05) is 25.7 Å². The van der Waals surface area contributed by atoms with E-state index in [-0.39, 0.29) is 19.3 Å². The SMILES string of the molecule is CCN(CC(F)(F)F)C(=O)[C@H]1CCCN(CCCOc2ccc3c(c2)OCO3)C1. The van der Waals surface area contributed by atoms with E-state index in [9.17, 15) is 18.0 Å². The molecular formula is C20H27F3N2O4. The lowest BCUT2D eigenvalue weighted by Gasteiger charge is -2.35. The fraction of sp³-hybridized carbons (Fsp3) is 0.650. The van der Waals surface area contributed by atoms with Crippen molar-refractivity contribution in [1.29, 1.82) is 0 Å². The van der Waals surface area contributed by atoms with Crippen LogP contribution in [0, 0.1) is 5.92 Å². The lowest BCUT2D eigenvalue weighted by atomic mass is 9.96. The molecule has 0 spiro atoms. The maximum Gasteiger partial charge on any atom is 0.406 e. The van der Waals surface area contributed by atoms with Crippen LogP contribution in [0.4, 0.5) is 13.2 Å². The van der Waals surface area contributed by atoms with Crippen molar-refractivity contribution in [2.24, 2.45) is 5.92 Å². The van der Waals surface area contributed by atoms with Crippen molar-refractivity contribution < 1.29 is 32.2 Å². The Kier molecular flexibility index (Phi) is 7.10. The molecule has 1 saturated heterocycles. The molecule has 0 aromatic heterocycles. The molecular weight excluding hydrogens is 389 g/mol. The molecule has 0 N–H and O–H groups in total. The van der Waals surface area contributed by atoms with Gasteiger partial charge in [0.1, 0.15) is 12.3 Å². The van der Waals surface area contributed by atoms with Gasteiger partial charge < -0.3 is 24.0 Å². The van der Waals surface area contributed by atoms with Crippen LogP contribution in [-0.2, 0) is 4.79 Å². The minimum Gasteiger partial charge on any atom is -0.493 e. The van der Waals surface area contributed by atoms with Crippen LogP contribution in [0.1, 0.15) is 26.2 Å². The lowest BCUT2D eigenvalue weighted by Crippen LogP contribution is -2.47. The molecule has 9 heteroatoms. The van der Waals surface area contributed by atoms with E-state index in [1.807, 2.05) is 6.07 Å². The number of nitrogens with zero attached hydrogens (tertiary/aromatic N) is 2. The van der Waals surface area contributed by atoms with E-state index in [1.165, 1.54) is 0 Å². The van der Waals surface area contributed by atoms with Crippen molar-refractivity contribution in [2.45, 2.75) is 32.4 Å².